The standard InChI is InChI=1S/C24H25N3O2S2/c1-3-13-27-23(29)20-17-9-5-7-11-19(17)31-21(20)25-24(27)30-15(2)22(28)26-14-12-16-8-4-6-10-18(16)26/h3-4,6,8,10,15H,1,5,7,9,11-14H2,2H3. The average Bonchev–Trinajstić information content (AvgIpc) is 3.37. The molecule has 0 bridgehead atoms. The Balaban J connectivity index is 1.49. The van der Waals surface area contributed by atoms with Crippen molar-refractivity contribution in [3.05, 3.63) is 63.3 Å². The van der Waals surface area contributed by atoms with Crippen molar-refractivity contribution < 1.29 is 4.79 Å². The number of hydrogen-bond acceptors (Lipinski definition) is 5. The molecular formula is C24H25N3O2S2. The smallest absolute Gasteiger partial charge is 0.263 e. The molecule has 1 aromatic carbocycles. The van der Waals surface area contributed by atoms with Crippen LogP contribution in [0.3, 0.4) is 0 Å². The fourth-order valence-electron chi connectivity index (χ4n) is 4.60. The molecule has 1 unspecified atom stereocenters. The molecule has 1 aliphatic carbocycles. The van der Waals surface area contributed by atoms with Gasteiger partial charge in [-0.25, -0.2) is 4.98 Å². The van der Waals surface area contributed by atoms with Gasteiger partial charge in [0, 0.05) is 23.7 Å². The summed E-state index contributed by atoms with van der Waals surface area (Å²) in [5.41, 5.74) is 3.40. The lowest BCUT2D eigenvalue weighted by atomic mass is 9.97. The molecule has 0 saturated carbocycles. The third-order valence-electron chi connectivity index (χ3n) is 6.13. The molecule has 0 N–H and O–H groups in total. The fourth-order valence-corrected chi connectivity index (χ4v) is 6.88. The van der Waals surface area contributed by atoms with Crippen LogP contribution in [0.2, 0.25) is 0 Å². The highest BCUT2D eigenvalue weighted by atomic mass is 32.2. The first kappa shape index (κ1) is 20.5. The van der Waals surface area contributed by atoms with Gasteiger partial charge in [-0.15, -0.1) is 17.9 Å². The number of carbonyl (C=O) groups is 1. The number of anilines is 1. The van der Waals surface area contributed by atoms with Crippen LogP contribution in [-0.4, -0.2) is 27.3 Å². The molecule has 31 heavy (non-hydrogen) atoms. The van der Waals surface area contributed by atoms with E-state index in [0.29, 0.717) is 18.2 Å². The molecule has 7 heteroatoms. The van der Waals surface area contributed by atoms with Gasteiger partial charge >= 0.3 is 0 Å². The maximum atomic E-state index is 13.4. The quantitative estimate of drug-likeness (QED) is 0.323. The Hall–Kier alpha value is -2.38. The molecular weight excluding hydrogens is 426 g/mol. The molecule has 0 saturated heterocycles. The molecule has 3 aromatic rings. The first-order valence-corrected chi connectivity index (χ1v) is 12.5. The van der Waals surface area contributed by atoms with E-state index in [-0.39, 0.29) is 16.7 Å². The monoisotopic (exact) mass is 451 g/mol. The summed E-state index contributed by atoms with van der Waals surface area (Å²) in [5, 5.41) is 1.03. The number of aromatic nitrogens is 2. The van der Waals surface area contributed by atoms with Crippen molar-refractivity contribution in [3.63, 3.8) is 0 Å². The van der Waals surface area contributed by atoms with Crippen molar-refractivity contribution in [3.8, 4) is 0 Å². The van der Waals surface area contributed by atoms with E-state index < -0.39 is 0 Å². The van der Waals surface area contributed by atoms with Crippen molar-refractivity contribution in [2.24, 2.45) is 0 Å². The largest absolute Gasteiger partial charge is 0.311 e. The van der Waals surface area contributed by atoms with Crippen molar-refractivity contribution in [1.82, 2.24) is 9.55 Å². The van der Waals surface area contributed by atoms with Crippen LogP contribution in [0.1, 0.15) is 35.8 Å². The maximum absolute atomic E-state index is 13.4. The Morgan fingerprint density at radius 1 is 1.29 bits per heavy atom. The Kier molecular flexibility index (Phi) is 5.48. The third-order valence-corrected chi connectivity index (χ3v) is 8.40. The Morgan fingerprint density at radius 2 is 2.10 bits per heavy atom. The van der Waals surface area contributed by atoms with Crippen LogP contribution < -0.4 is 10.5 Å². The molecule has 0 spiro atoms. The second-order valence-corrected chi connectivity index (χ2v) is 10.5. The van der Waals surface area contributed by atoms with E-state index in [0.717, 1.165) is 41.6 Å². The normalized spacial score (nSPS) is 16.2. The van der Waals surface area contributed by atoms with Crippen molar-refractivity contribution in [2.45, 2.75) is 56.0 Å². The van der Waals surface area contributed by atoms with Crippen LogP contribution in [0.15, 0.2) is 46.9 Å². The van der Waals surface area contributed by atoms with Crippen LogP contribution in [0.5, 0.6) is 0 Å². The van der Waals surface area contributed by atoms with Gasteiger partial charge in [0.15, 0.2) is 5.16 Å². The van der Waals surface area contributed by atoms with Crippen LogP contribution in [0, 0.1) is 0 Å². The molecule has 0 radical (unpaired) electrons. The molecule has 2 aliphatic rings. The molecule has 160 valence electrons. The molecule has 1 amide bonds. The number of hydrogen-bond donors (Lipinski definition) is 0. The van der Waals surface area contributed by atoms with Gasteiger partial charge in [-0.1, -0.05) is 36.0 Å². The van der Waals surface area contributed by atoms with Gasteiger partial charge in [0.2, 0.25) is 5.91 Å². The zero-order chi connectivity index (χ0) is 21.5. The number of benzene rings is 1. The highest BCUT2D eigenvalue weighted by Gasteiger charge is 2.30. The number of thiophene rings is 1. The SMILES string of the molecule is C=CCn1c(SC(C)C(=O)N2CCc3ccccc32)nc2sc3c(c2c1=O)CCCC3. The summed E-state index contributed by atoms with van der Waals surface area (Å²) in [6.07, 6.45) is 6.88. The molecule has 3 heterocycles. The number of fused-ring (bicyclic) bond motifs is 4. The van der Waals surface area contributed by atoms with Gasteiger partial charge in [0.1, 0.15) is 4.83 Å². The summed E-state index contributed by atoms with van der Waals surface area (Å²) in [6.45, 7) is 6.82. The zero-order valence-electron chi connectivity index (χ0n) is 17.6. The van der Waals surface area contributed by atoms with E-state index in [1.807, 2.05) is 30.0 Å². The van der Waals surface area contributed by atoms with Gasteiger partial charge in [0.05, 0.1) is 10.6 Å². The molecule has 5 rings (SSSR count). The van der Waals surface area contributed by atoms with Crippen LogP contribution in [-0.2, 0) is 30.6 Å². The van der Waals surface area contributed by atoms with Crippen molar-refractivity contribution in [2.75, 3.05) is 11.4 Å². The van der Waals surface area contributed by atoms with Gasteiger partial charge < -0.3 is 4.90 Å². The molecule has 1 aliphatic heterocycles. The Morgan fingerprint density at radius 3 is 2.94 bits per heavy atom. The summed E-state index contributed by atoms with van der Waals surface area (Å²) >= 11 is 3.02. The predicted octanol–water partition coefficient (Wildman–Crippen LogP) is 4.59. The summed E-state index contributed by atoms with van der Waals surface area (Å²) in [4.78, 5) is 35.5. The molecule has 2 aromatic heterocycles. The van der Waals surface area contributed by atoms with E-state index in [2.05, 4.69) is 12.6 Å². The number of thioether (sulfide) groups is 1. The zero-order valence-corrected chi connectivity index (χ0v) is 19.2. The minimum Gasteiger partial charge on any atom is -0.311 e. The number of aryl methyl sites for hydroxylation is 2. The summed E-state index contributed by atoms with van der Waals surface area (Å²) in [5.74, 6) is 0.0555. The Labute approximate surface area is 189 Å². The average molecular weight is 452 g/mol. The number of amides is 1. The predicted molar refractivity (Wildman–Crippen MR) is 129 cm³/mol. The fraction of sp³-hybridized carbons (Fsp3) is 0.375. The van der Waals surface area contributed by atoms with Crippen molar-refractivity contribution in [1.29, 1.82) is 0 Å². The second kappa shape index (κ2) is 8.28. The molecule has 5 nitrogen and oxygen atoms in total. The van der Waals surface area contributed by atoms with Crippen LogP contribution in [0.25, 0.3) is 10.2 Å². The minimum atomic E-state index is -0.346. The first-order chi connectivity index (χ1) is 15.1. The topological polar surface area (TPSA) is 55.2 Å². The van der Waals surface area contributed by atoms with E-state index >= 15 is 0 Å². The van der Waals surface area contributed by atoms with Gasteiger partial charge in [-0.05, 0) is 56.2 Å². The van der Waals surface area contributed by atoms with Crippen molar-refractivity contribution >= 4 is 44.9 Å². The molecule has 1 atom stereocenters. The highest BCUT2D eigenvalue weighted by Crippen LogP contribution is 2.36. The lowest BCUT2D eigenvalue weighted by Gasteiger charge is -2.22. The third kappa shape index (κ3) is 3.53. The number of rotatable bonds is 5. The van der Waals surface area contributed by atoms with Crippen LogP contribution in [0.4, 0.5) is 5.69 Å². The highest BCUT2D eigenvalue weighted by molar-refractivity contribution is 8.00. The lowest BCUT2D eigenvalue weighted by molar-refractivity contribution is -0.117. The first-order valence-electron chi connectivity index (χ1n) is 10.8. The number of nitrogens with zero attached hydrogens (tertiary/aromatic N) is 3. The number of para-hydroxylation sites is 1. The number of allylic oxidation sites excluding steroid dienone is 1. The van der Waals surface area contributed by atoms with Gasteiger partial charge in [0.25, 0.3) is 5.56 Å². The molecule has 0 fully saturated rings. The van der Waals surface area contributed by atoms with Crippen LogP contribution >= 0.6 is 23.1 Å². The van der Waals surface area contributed by atoms with E-state index in [4.69, 9.17) is 4.98 Å². The summed E-state index contributed by atoms with van der Waals surface area (Å²) < 4.78 is 1.68. The maximum Gasteiger partial charge on any atom is 0.263 e. The van der Waals surface area contributed by atoms with E-state index in [1.54, 1.807) is 22.0 Å². The summed E-state index contributed by atoms with van der Waals surface area (Å²) in [7, 11) is 0. The van der Waals surface area contributed by atoms with Gasteiger partial charge in [-0.3, -0.25) is 14.2 Å². The second-order valence-electron chi connectivity index (χ2n) is 8.12. The van der Waals surface area contributed by atoms with E-state index in [1.165, 1.54) is 34.2 Å². The minimum absolute atomic E-state index is 0.00188. The Bertz CT molecular complexity index is 1240. The van der Waals surface area contributed by atoms with E-state index in [9.17, 15) is 9.59 Å². The van der Waals surface area contributed by atoms with Gasteiger partial charge in [-0.2, -0.15) is 0 Å². The lowest BCUT2D eigenvalue weighted by Crippen LogP contribution is -2.35. The summed E-state index contributed by atoms with van der Waals surface area (Å²) in [6, 6.07) is 8.07. The number of carbonyl (C=O) groups excluding carboxylic acids is 1.